The molecule has 0 unspecified atom stereocenters. The fourth-order valence-corrected chi connectivity index (χ4v) is 2.70. The fraction of sp³-hybridized carbons (Fsp3) is 0.176. The smallest absolute Gasteiger partial charge is 0.342 e. The van der Waals surface area contributed by atoms with Gasteiger partial charge in [0.05, 0.1) is 17.8 Å². The molecular formula is C17H16BrClN2O4. The zero-order valence-electron chi connectivity index (χ0n) is 13.6. The van der Waals surface area contributed by atoms with Crippen LogP contribution < -0.4 is 15.8 Å². The van der Waals surface area contributed by atoms with E-state index in [0.717, 1.165) is 10.0 Å². The van der Waals surface area contributed by atoms with E-state index in [4.69, 9.17) is 26.8 Å². The molecular weight excluding hydrogens is 412 g/mol. The second kappa shape index (κ2) is 8.22. The Morgan fingerprint density at radius 3 is 2.64 bits per heavy atom. The highest BCUT2D eigenvalue weighted by atomic mass is 79.9. The van der Waals surface area contributed by atoms with E-state index in [1.807, 2.05) is 13.0 Å². The van der Waals surface area contributed by atoms with Crippen LogP contribution >= 0.6 is 27.5 Å². The van der Waals surface area contributed by atoms with Crippen LogP contribution in [0.2, 0.25) is 5.02 Å². The third-order valence-electron chi connectivity index (χ3n) is 3.34. The van der Waals surface area contributed by atoms with Gasteiger partial charge in [0, 0.05) is 16.2 Å². The Hall–Kier alpha value is -2.25. The molecule has 0 fully saturated rings. The summed E-state index contributed by atoms with van der Waals surface area (Å²) in [5.41, 5.74) is 7.55. The van der Waals surface area contributed by atoms with Gasteiger partial charge in [0.1, 0.15) is 11.3 Å². The second-order valence-corrected chi connectivity index (χ2v) is 6.48. The van der Waals surface area contributed by atoms with Gasteiger partial charge in [-0.05, 0) is 36.8 Å². The molecule has 0 radical (unpaired) electrons. The Labute approximate surface area is 158 Å². The molecule has 0 spiro atoms. The van der Waals surface area contributed by atoms with Crippen molar-refractivity contribution in [1.82, 2.24) is 0 Å². The zero-order chi connectivity index (χ0) is 18.6. The highest BCUT2D eigenvalue weighted by Gasteiger charge is 2.18. The lowest BCUT2D eigenvalue weighted by atomic mass is 10.2. The minimum absolute atomic E-state index is 0.0920. The molecule has 0 atom stereocenters. The molecule has 0 heterocycles. The highest BCUT2D eigenvalue weighted by Crippen LogP contribution is 2.29. The molecule has 0 saturated heterocycles. The molecule has 0 saturated carbocycles. The van der Waals surface area contributed by atoms with Gasteiger partial charge >= 0.3 is 5.97 Å². The molecule has 0 aromatic heterocycles. The number of carbonyl (C=O) groups excluding carboxylic acids is 2. The average Bonchev–Trinajstić information content (AvgIpc) is 2.57. The summed E-state index contributed by atoms with van der Waals surface area (Å²) in [6.07, 6.45) is 0. The number of methoxy groups -OCH3 is 1. The SMILES string of the molecule is COc1cc(N)c(Cl)cc1C(=O)OCC(=O)Nc1ccc(Br)cc1C. The quantitative estimate of drug-likeness (QED) is 0.559. The Morgan fingerprint density at radius 1 is 1.28 bits per heavy atom. The maximum absolute atomic E-state index is 12.2. The number of hydrogen-bond donors (Lipinski definition) is 2. The van der Waals surface area contributed by atoms with Crippen molar-refractivity contribution < 1.29 is 19.1 Å². The Balaban J connectivity index is 2.02. The van der Waals surface area contributed by atoms with E-state index in [0.29, 0.717) is 5.69 Å². The third kappa shape index (κ3) is 4.87. The number of esters is 1. The summed E-state index contributed by atoms with van der Waals surface area (Å²) in [6, 6.07) is 8.18. The van der Waals surface area contributed by atoms with E-state index in [1.54, 1.807) is 12.1 Å². The summed E-state index contributed by atoms with van der Waals surface area (Å²) >= 11 is 9.26. The molecule has 2 rings (SSSR count). The van der Waals surface area contributed by atoms with E-state index in [1.165, 1.54) is 19.2 Å². The van der Waals surface area contributed by atoms with Crippen LogP contribution in [0.5, 0.6) is 5.75 Å². The Kier molecular flexibility index (Phi) is 6.27. The van der Waals surface area contributed by atoms with Crippen LogP contribution in [0, 0.1) is 6.92 Å². The summed E-state index contributed by atoms with van der Waals surface area (Å²) in [6.45, 7) is 1.41. The third-order valence-corrected chi connectivity index (χ3v) is 4.16. The summed E-state index contributed by atoms with van der Waals surface area (Å²) in [7, 11) is 1.39. The first kappa shape index (κ1) is 19.1. The number of nitrogens with two attached hydrogens (primary N) is 1. The first-order chi connectivity index (χ1) is 11.8. The van der Waals surface area contributed by atoms with Crippen LogP contribution in [0.4, 0.5) is 11.4 Å². The predicted octanol–water partition coefficient (Wildman–Crippen LogP) is 3.80. The lowest BCUT2D eigenvalue weighted by molar-refractivity contribution is -0.119. The molecule has 8 heteroatoms. The summed E-state index contributed by atoms with van der Waals surface area (Å²) in [5.74, 6) is -0.975. The van der Waals surface area contributed by atoms with Crippen molar-refractivity contribution >= 4 is 50.8 Å². The van der Waals surface area contributed by atoms with Crippen LogP contribution in [0.15, 0.2) is 34.8 Å². The van der Waals surface area contributed by atoms with Crippen molar-refractivity contribution in [2.45, 2.75) is 6.92 Å². The normalized spacial score (nSPS) is 10.2. The van der Waals surface area contributed by atoms with Gasteiger partial charge in [-0.3, -0.25) is 4.79 Å². The topological polar surface area (TPSA) is 90.7 Å². The average molecular weight is 428 g/mol. The van der Waals surface area contributed by atoms with Gasteiger partial charge in [-0.2, -0.15) is 0 Å². The molecule has 3 N–H and O–H groups in total. The number of benzene rings is 2. The van der Waals surface area contributed by atoms with Crippen molar-refractivity contribution in [3.8, 4) is 5.75 Å². The van der Waals surface area contributed by atoms with Crippen molar-refractivity contribution in [2.75, 3.05) is 24.8 Å². The predicted molar refractivity (Wildman–Crippen MR) is 100 cm³/mol. The van der Waals surface area contributed by atoms with Crippen LogP contribution in [-0.4, -0.2) is 25.6 Å². The highest BCUT2D eigenvalue weighted by molar-refractivity contribution is 9.10. The Morgan fingerprint density at radius 2 is 2.00 bits per heavy atom. The second-order valence-electron chi connectivity index (χ2n) is 5.16. The summed E-state index contributed by atoms with van der Waals surface area (Å²) in [5, 5.41) is 2.88. The number of anilines is 2. The Bertz CT molecular complexity index is 827. The molecule has 0 aliphatic rings. The fourth-order valence-electron chi connectivity index (χ4n) is 2.06. The van der Waals surface area contributed by atoms with E-state index < -0.39 is 18.5 Å². The molecule has 2 aromatic carbocycles. The number of halogens is 2. The van der Waals surface area contributed by atoms with Crippen LogP contribution in [0.1, 0.15) is 15.9 Å². The number of aryl methyl sites for hydroxylation is 1. The molecule has 25 heavy (non-hydrogen) atoms. The number of hydrogen-bond acceptors (Lipinski definition) is 5. The van der Waals surface area contributed by atoms with Gasteiger partial charge in [-0.15, -0.1) is 0 Å². The van der Waals surface area contributed by atoms with Crippen LogP contribution in [-0.2, 0) is 9.53 Å². The maximum atomic E-state index is 12.2. The first-order valence-electron chi connectivity index (χ1n) is 7.18. The molecule has 0 aliphatic carbocycles. The zero-order valence-corrected chi connectivity index (χ0v) is 15.9. The van der Waals surface area contributed by atoms with Crippen molar-refractivity contribution in [3.63, 3.8) is 0 Å². The standard InChI is InChI=1S/C17H16BrClN2O4/c1-9-5-10(18)3-4-14(9)21-16(22)8-25-17(23)11-6-12(19)13(20)7-15(11)24-2/h3-7H,8,20H2,1-2H3,(H,21,22). The molecule has 0 aliphatic heterocycles. The van der Waals surface area contributed by atoms with E-state index >= 15 is 0 Å². The van der Waals surface area contributed by atoms with Crippen molar-refractivity contribution in [3.05, 3.63) is 51.0 Å². The summed E-state index contributed by atoms with van der Waals surface area (Å²) < 4.78 is 11.0. The van der Waals surface area contributed by atoms with Gasteiger partial charge in [0.25, 0.3) is 5.91 Å². The lowest BCUT2D eigenvalue weighted by Gasteiger charge is -2.11. The van der Waals surface area contributed by atoms with Crippen molar-refractivity contribution in [1.29, 1.82) is 0 Å². The maximum Gasteiger partial charge on any atom is 0.342 e. The van der Waals surface area contributed by atoms with Gasteiger partial charge in [0.15, 0.2) is 6.61 Å². The molecule has 132 valence electrons. The number of rotatable bonds is 5. The first-order valence-corrected chi connectivity index (χ1v) is 8.35. The number of nitrogen functional groups attached to an aromatic ring is 1. The molecule has 1 amide bonds. The number of amides is 1. The van der Waals surface area contributed by atoms with Crippen LogP contribution in [0.3, 0.4) is 0 Å². The van der Waals surface area contributed by atoms with E-state index in [9.17, 15) is 9.59 Å². The van der Waals surface area contributed by atoms with Gasteiger partial charge in [0.2, 0.25) is 0 Å². The number of carbonyl (C=O) groups is 2. The largest absolute Gasteiger partial charge is 0.496 e. The van der Waals surface area contributed by atoms with Gasteiger partial charge in [-0.1, -0.05) is 27.5 Å². The monoisotopic (exact) mass is 426 g/mol. The van der Waals surface area contributed by atoms with Gasteiger partial charge in [-0.25, -0.2) is 4.79 Å². The minimum Gasteiger partial charge on any atom is -0.496 e. The van der Waals surface area contributed by atoms with Crippen LogP contribution in [0.25, 0.3) is 0 Å². The van der Waals surface area contributed by atoms with Gasteiger partial charge < -0.3 is 20.5 Å². The van der Waals surface area contributed by atoms with Crippen molar-refractivity contribution in [2.24, 2.45) is 0 Å². The lowest BCUT2D eigenvalue weighted by Crippen LogP contribution is -2.21. The minimum atomic E-state index is -0.735. The molecule has 2 aromatic rings. The van der Waals surface area contributed by atoms with E-state index in [2.05, 4.69) is 21.2 Å². The number of nitrogens with one attached hydrogen (secondary N) is 1. The van der Waals surface area contributed by atoms with E-state index in [-0.39, 0.29) is 22.0 Å². The molecule has 6 nitrogen and oxygen atoms in total. The number of ether oxygens (including phenoxy) is 2. The summed E-state index contributed by atoms with van der Waals surface area (Å²) in [4.78, 5) is 24.2. The molecule has 0 bridgehead atoms.